The molecule has 0 aliphatic heterocycles. The Morgan fingerprint density at radius 2 is 0.953 bits per heavy atom. The second kappa shape index (κ2) is 14.4. The highest BCUT2D eigenvalue weighted by Crippen LogP contribution is 2.38. The quantitative estimate of drug-likeness (QED) is 0.120. The highest BCUT2D eigenvalue weighted by Gasteiger charge is 2.17. The number of ketones is 2. The molecule has 0 spiro atoms. The first-order chi connectivity index (χ1) is 20.9. The van der Waals surface area contributed by atoms with Crippen LogP contribution in [0.2, 0.25) is 0 Å². The van der Waals surface area contributed by atoms with Crippen LogP contribution in [-0.4, -0.2) is 47.1 Å². The summed E-state index contributed by atoms with van der Waals surface area (Å²) in [5, 5.41) is 0. The first-order valence-electron chi connectivity index (χ1n) is 13.2. The highest BCUT2D eigenvalue weighted by molar-refractivity contribution is 6.09. The maximum Gasteiger partial charge on any atom is 0.189 e. The molecule has 0 amide bonds. The highest BCUT2D eigenvalue weighted by atomic mass is 16.5. The van der Waals surface area contributed by atoms with Crippen molar-refractivity contribution in [2.24, 2.45) is 0 Å². The van der Waals surface area contributed by atoms with Gasteiger partial charge in [0.25, 0.3) is 0 Å². The number of hydrogen-bond donors (Lipinski definition) is 0. The summed E-state index contributed by atoms with van der Waals surface area (Å²) < 4.78 is 32.8. The van der Waals surface area contributed by atoms with E-state index < -0.39 is 0 Å². The van der Waals surface area contributed by atoms with Gasteiger partial charge in [0.05, 0.1) is 46.7 Å². The lowest BCUT2D eigenvalue weighted by Crippen LogP contribution is -2.01. The van der Waals surface area contributed by atoms with Crippen LogP contribution in [0.25, 0.3) is 12.2 Å². The van der Waals surface area contributed by atoms with Gasteiger partial charge in [-0.3, -0.25) is 9.59 Å². The zero-order valence-corrected chi connectivity index (χ0v) is 24.6. The molecule has 0 saturated heterocycles. The fraction of sp³-hybridized carbons (Fsp3) is 0.143. The monoisotopic (exact) mass is 580 g/mol. The minimum Gasteiger partial charge on any atom is -0.497 e. The summed E-state index contributed by atoms with van der Waals surface area (Å²) in [7, 11) is 7.65. The summed E-state index contributed by atoms with van der Waals surface area (Å²) in [5.41, 5.74) is 2.37. The number of ether oxygens (including phenoxy) is 6. The lowest BCUT2D eigenvalue weighted by atomic mass is 10.1. The van der Waals surface area contributed by atoms with Gasteiger partial charge in [-0.1, -0.05) is 36.4 Å². The van der Waals surface area contributed by atoms with Gasteiger partial charge in [-0.25, -0.2) is 0 Å². The summed E-state index contributed by atoms with van der Waals surface area (Å²) in [6, 6.07) is 22.7. The largest absolute Gasteiger partial charge is 0.497 e. The number of hydrogen-bond acceptors (Lipinski definition) is 8. The van der Waals surface area contributed by atoms with E-state index in [4.69, 9.17) is 28.4 Å². The fourth-order valence-electron chi connectivity index (χ4n) is 4.16. The summed E-state index contributed by atoms with van der Waals surface area (Å²) >= 11 is 0. The fourth-order valence-corrected chi connectivity index (χ4v) is 4.16. The van der Waals surface area contributed by atoms with E-state index in [2.05, 4.69) is 0 Å². The van der Waals surface area contributed by atoms with Crippen LogP contribution < -0.4 is 28.4 Å². The van der Waals surface area contributed by atoms with Gasteiger partial charge in [-0.15, -0.1) is 0 Å². The topological polar surface area (TPSA) is 89.5 Å². The zero-order valence-electron chi connectivity index (χ0n) is 24.6. The molecule has 0 heterocycles. The molecule has 8 heteroatoms. The van der Waals surface area contributed by atoms with Crippen LogP contribution in [0.3, 0.4) is 0 Å². The second-order valence-electron chi connectivity index (χ2n) is 9.11. The zero-order chi connectivity index (χ0) is 30.8. The first kappa shape index (κ1) is 30.5. The predicted molar refractivity (Wildman–Crippen MR) is 165 cm³/mol. The van der Waals surface area contributed by atoms with E-state index in [0.29, 0.717) is 45.6 Å². The third-order valence-electron chi connectivity index (χ3n) is 6.50. The number of rotatable bonds is 13. The Labute approximate surface area is 250 Å². The Balaban J connectivity index is 1.51. The van der Waals surface area contributed by atoms with E-state index in [9.17, 15) is 9.59 Å². The van der Waals surface area contributed by atoms with Crippen LogP contribution in [0.4, 0.5) is 0 Å². The lowest BCUT2D eigenvalue weighted by molar-refractivity contribution is 0.103. The van der Waals surface area contributed by atoms with Gasteiger partial charge in [0.1, 0.15) is 28.7 Å². The van der Waals surface area contributed by atoms with Crippen molar-refractivity contribution in [2.75, 3.05) is 35.5 Å². The molecule has 8 nitrogen and oxygen atoms in total. The smallest absolute Gasteiger partial charge is 0.189 e. The molecular formula is C35H32O8. The van der Waals surface area contributed by atoms with Crippen LogP contribution in [0, 0.1) is 0 Å². The molecule has 220 valence electrons. The van der Waals surface area contributed by atoms with Gasteiger partial charge in [0.15, 0.2) is 23.1 Å². The summed E-state index contributed by atoms with van der Waals surface area (Å²) in [6.07, 6.45) is 6.37. The number of carbonyl (C=O) groups is 2. The Bertz CT molecular complexity index is 1630. The van der Waals surface area contributed by atoms with Crippen LogP contribution in [-0.2, 0) is 0 Å². The molecule has 0 aliphatic rings. The molecule has 0 atom stereocenters. The molecule has 0 radical (unpaired) electrons. The Morgan fingerprint density at radius 1 is 0.465 bits per heavy atom. The van der Waals surface area contributed by atoms with E-state index in [0.717, 1.165) is 16.9 Å². The number of methoxy groups -OCH3 is 5. The van der Waals surface area contributed by atoms with Gasteiger partial charge in [0.2, 0.25) is 0 Å². The minimum atomic E-state index is -0.265. The first-order valence-corrected chi connectivity index (χ1v) is 13.2. The molecular weight excluding hydrogens is 548 g/mol. The maximum absolute atomic E-state index is 13.1. The van der Waals surface area contributed by atoms with Crippen molar-refractivity contribution in [1.29, 1.82) is 0 Å². The molecule has 4 aromatic carbocycles. The van der Waals surface area contributed by atoms with Gasteiger partial charge >= 0.3 is 0 Å². The van der Waals surface area contributed by atoms with E-state index in [1.165, 1.54) is 33.5 Å². The van der Waals surface area contributed by atoms with Gasteiger partial charge in [-0.2, -0.15) is 0 Å². The second-order valence-corrected chi connectivity index (χ2v) is 9.11. The minimum absolute atomic E-state index is 0.207. The Kier molecular flexibility index (Phi) is 10.2. The molecule has 4 rings (SSSR count). The van der Waals surface area contributed by atoms with E-state index in [1.54, 1.807) is 68.8 Å². The van der Waals surface area contributed by atoms with Crippen molar-refractivity contribution in [1.82, 2.24) is 0 Å². The molecule has 0 N–H and O–H groups in total. The van der Waals surface area contributed by atoms with E-state index in [-0.39, 0.29) is 11.6 Å². The number of carbonyl (C=O) groups excluding carboxylic acids is 2. The summed E-state index contributed by atoms with van der Waals surface area (Å²) in [6.45, 7) is 0. The molecule has 4 aromatic rings. The van der Waals surface area contributed by atoms with Crippen LogP contribution in [0.15, 0.2) is 91.0 Å². The molecule has 43 heavy (non-hydrogen) atoms. The van der Waals surface area contributed by atoms with Crippen molar-refractivity contribution in [3.05, 3.63) is 113 Å². The van der Waals surface area contributed by atoms with Crippen molar-refractivity contribution in [3.8, 4) is 40.2 Å². The predicted octanol–water partition coefficient (Wildman–Crippen LogP) is 7.31. The average Bonchev–Trinajstić information content (AvgIpc) is 3.06. The average molecular weight is 581 g/mol. The maximum atomic E-state index is 13.1. The molecule has 0 aromatic heterocycles. The van der Waals surface area contributed by atoms with Crippen LogP contribution in [0.5, 0.6) is 40.2 Å². The van der Waals surface area contributed by atoms with Crippen molar-refractivity contribution in [2.45, 2.75) is 0 Å². The summed E-state index contributed by atoms with van der Waals surface area (Å²) in [5.74, 6) is 2.89. The Morgan fingerprint density at radius 3 is 1.49 bits per heavy atom. The van der Waals surface area contributed by atoms with Gasteiger partial charge in [-0.05, 0) is 65.7 Å². The normalized spacial score (nSPS) is 10.9. The third-order valence-corrected chi connectivity index (χ3v) is 6.50. The number of benzene rings is 4. The van der Waals surface area contributed by atoms with Crippen molar-refractivity contribution >= 4 is 23.7 Å². The lowest BCUT2D eigenvalue weighted by Gasteiger charge is -2.14. The van der Waals surface area contributed by atoms with Crippen LogP contribution >= 0.6 is 0 Å². The molecule has 0 bridgehead atoms. The standard InChI is InChI=1S/C35H32O8/c1-38-25-12-6-23(7-13-25)11-19-31(37)29-21-35(34(42-5)22-33(29)41-4)43-26-14-8-24(9-15-26)10-18-30(36)28-17-16-27(39-2)20-32(28)40-3/h6-22H,1-5H3/b18-10+,19-11+. The van der Waals surface area contributed by atoms with E-state index in [1.807, 2.05) is 36.4 Å². The SMILES string of the molecule is COc1ccc(/C=C/C(=O)c2cc(Oc3ccc(/C=C/C(=O)c4ccc(OC)cc4OC)cc3)c(OC)cc2OC)cc1. The molecule has 0 fully saturated rings. The molecule has 0 saturated carbocycles. The van der Waals surface area contributed by atoms with E-state index >= 15 is 0 Å². The van der Waals surface area contributed by atoms with Gasteiger partial charge < -0.3 is 28.4 Å². The molecule has 0 unspecified atom stereocenters. The summed E-state index contributed by atoms with van der Waals surface area (Å²) in [4.78, 5) is 25.9. The third kappa shape index (κ3) is 7.62. The molecule has 0 aliphatic carbocycles. The van der Waals surface area contributed by atoms with Crippen LogP contribution in [0.1, 0.15) is 31.8 Å². The van der Waals surface area contributed by atoms with Gasteiger partial charge in [0, 0.05) is 12.1 Å². The van der Waals surface area contributed by atoms with Crippen molar-refractivity contribution < 1.29 is 38.0 Å². The number of allylic oxidation sites excluding steroid dienone is 2. The van der Waals surface area contributed by atoms with Crippen molar-refractivity contribution in [3.63, 3.8) is 0 Å². The Hall–Kier alpha value is -5.50.